The van der Waals surface area contributed by atoms with Gasteiger partial charge in [0, 0.05) is 16.8 Å². The normalized spacial score (nSPS) is 10.4. The first-order valence-electron chi connectivity index (χ1n) is 8.24. The van der Waals surface area contributed by atoms with Gasteiger partial charge in [0.2, 0.25) is 11.8 Å². The van der Waals surface area contributed by atoms with E-state index in [-0.39, 0.29) is 11.7 Å². The van der Waals surface area contributed by atoms with Crippen molar-refractivity contribution in [3.05, 3.63) is 71.8 Å². The third-order valence-corrected chi connectivity index (χ3v) is 4.71. The zero-order valence-electron chi connectivity index (χ0n) is 14.7. The number of carbonyl (C=O) groups excluding carboxylic acids is 2. The summed E-state index contributed by atoms with van der Waals surface area (Å²) in [5.41, 5.74) is 9.17. The number of nitrogens with zero attached hydrogens (tertiary/aromatic N) is 2. The van der Waals surface area contributed by atoms with Crippen LogP contribution in [0.5, 0.6) is 0 Å². The molecule has 0 saturated heterocycles. The van der Waals surface area contributed by atoms with Crippen molar-refractivity contribution in [1.82, 2.24) is 10.2 Å². The Balaban J connectivity index is 1.54. The van der Waals surface area contributed by atoms with Crippen molar-refractivity contribution >= 4 is 29.3 Å². The first kappa shape index (κ1) is 18.6. The van der Waals surface area contributed by atoms with Crippen LogP contribution in [-0.2, 0) is 4.79 Å². The molecular weight excluding hydrogens is 360 g/mol. The number of hydrogen-bond acceptors (Lipinski definition) is 5. The minimum Gasteiger partial charge on any atom is -0.366 e. The number of hydrogen-bond donors (Lipinski definition) is 2. The van der Waals surface area contributed by atoms with Gasteiger partial charge in [0.1, 0.15) is 5.03 Å². The van der Waals surface area contributed by atoms with Crippen LogP contribution in [0.2, 0.25) is 0 Å². The van der Waals surface area contributed by atoms with Crippen LogP contribution in [0.25, 0.3) is 11.3 Å². The lowest BCUT2D eigenvalue weighted by molar-refractivity contribution is -0.113. The second-order valence-corrected chi connectivity index (χ2v) is 6.90. The fraction of sp³-hybridized carbons (Fsp3) is 0.100. The summed E-state index contributed by atoms with van der Waals surface area (Å²) in [5.74, 6) is -0.469. The zero-order chi connectivity index (χ0) is 19.2. The van der Waals surface area contributed by atoms with E-state index in [1.807, 2.05) is 43.3 Å². The molecule has 0 aliphatic rings. The number of nitrogens with one attached hydrogen (secondary N) is 1. The zero-order valence-corrected chi connectivity index (χ0v) is 15.5. The average molecular weight is 378 g/mol. The van der Waals surface area contributed by atoms with E-state index >= 15 is 0 Å². The lowest BCUT2D eigenvalue weighted by Crippen LogP contribution is -2.15. The van der Waals surface area contributed by atoms with Gasteiger partial charge in [-0.2, -0.15) is 0 Å². The number of thioether (sulfide) groups is 1. The van der Waals surface area contributed by atoms with E-state index in [1.165, 1.54) is 17.3 Å². The topological polar surface area (TPSA) is 98.0 Å². The highest BCUT2D eigenvalue weighted by Crippen LogP contribution is 2.20. The summed E-state index contributed by atoms with van der Waals surface area (Å²) < 4.78 is 0. The van der Waals surface area contributed by atoms with Gasteiger partial charge in [-0.3, -0.25) is 9.59 Å². The Bertz CT molecular complexity index is 939. The molecule has 2 amide bonds. The Morgan fingerprint density at radius 2 is 1.67 bits per heavy atom. The van der Waals surface area contributed by atoms with Gasteiger partial charge >= 0.3 is 0 Å². The maximum atomic E-state index is 12.1. The number of aromatic nitrogens is 2. The van der Waals surface area contributed by atoms with Gasteiger partial charge in [0.25, 0.3) is 0 Å². The fourth-order valence-corrected chi connectivity index (χ4v) is 2.94. The molecule has 0 bridgehead atoms. The lowest BCUT2D eigenvalue weighted by Gasteiger charge is -2.06. The summed E-state index contributed by atoms with van der Waals surface area (Å²) in [6, 6.07) is 18.2. The van der Waals surface area contributed by atoms with Crippen LogP contribution in [0, 0.1) is 6.92 Å². The summed E-state index contributed by atoms with van der Waals surface area (Å²) in [7, 11) is 0. The molecule has 2 aromatic carbocycles. The van der Waals surface area contributed by atoms with Crippen LogP contribution >= 0.6 is 11.8 Å². The molecule has 0 aliphatic heterocycles. The molecule has 27 heavy (non-hydrogen) atoms. The molecule has 7 heteroatoms. The molecule has 0 radical (unpaired) electrons. The third-order valence-electron chi connectivity index (χ3n) is 3.79. The Kier molecular flexibility index (Phi) is 5.83. The first-order chi connectivity index (χ1) is 13.0. The number of benzene rings is 2. The number of nitrogens with two attached hydrogens (primary N) is 1. The molecule has 3 rings (SSSR count). The van der Waals surface area contributed by atoms with Crippen molar-refractivity contribution in [2.45, 2.75) is 11.9 Å². The van der Waals surface area contributed by atoms with Gasteiger partial charge < -0.3 is 11.1 Å². The standard InChI is InChI=1S/C20H18N4O2S/c1-13-2-4-14(5-3-13)17-10-11-19(24-23-17)27-12-18(25)22-16-8-6-15(7-9-16)20(21)26/h2-11H,12H2,1H3,(H2,21,26)(H,22,25). The quantitative estimate of drug-likeness (QED) is 0.642. The van der Waals surface area contributed by atoms with E-state index < -0.39 is 5.91 Å². The predicted molar refractivity (Wildman–Crippen MR) is 107 cm³/mol. The minimum absolute atomic E-state index is 0.170. The lowest BCUT2D eigenvalue weighted by atomic mass is 10.1. The monoisotopic (exact) mass is 378 g/mol. The van der Waals surface area contributed by atoms with Gasteiger partial charge in [-0.05, 0) is 43.3 Å². The van der Waals surface area contributed by atoms with Crippen LogP contribution in [0.1, 0.15) is 15.9 Å². The maximum Gasteiger partial charge on any atom is 0.248 e. The Labute approximate surface area is 161 Å². The van der Waals surface area contributed by atoms with Crippen molar-refractivity contribution in [2.75, 3.05) is 11.1 Å². The smallest absolute Gasteiger partial charge is 0.248 e. The van der Waals surface area contributed by atoms with Gasteiger partial charge in [-0.25, -0.2) is 0 Å². The molecule has 0 atom stereocenters. The van der Waals surface area contributed by atoms with Crippen LogP contribution in [0.3, 0.4) is 0 Å². The largest absolute Gasteiger partial charge is 0.366 e. The molecule has 3 aromatic rings. The highest BCUT2D eigenvalue weighted by molar-refractivity contribution is 7.99. The third kappa shape index (κ3) is 5.15. The number of carbonyl (C=O) groups is 2. The summed E-state index contributed by atoms with van der Waals surface area (Å²) >= 11 is 1.30. The fourth-order valence-electron chi connectivity index (χ4n) is 2.33. The van der Waals surface area contributed by atoms with Crippen molar-refractivity contribution < 1.29 is 9.59 Å². The molecule has 136 valence electrons. The second kappa shape index (κ2) is 8.46. The van der Waals surface area contributed by atoms with Crippen molar-refractivity contribution in [3.8, 4) is 11.3 Å². The summed E-state index contributed by atoms with van der Waals surface area (Å²) in [6.07, 6.45) is 0. The summed E-state index contributed by atoms with van der Waals surface area (Å²) in [5, 5.41) is 11.8. The van der Waals surface area contributed by atoms with Crippen LogP contribution in [0.4, 0.5) is 5.69 Å². The summed E-state index contributed by atoms with van der Waals surface area (Å²) in [6.45, 7) is 2.03. The molecular formula is C20H18N4O2S. The van der Waals surface area contributed by atoms with Crippen LogP contribution < -0.4 is 11.1 Å². The second-order valence-electron chi connectivity index (χ2n) is 5.90. The molecule has 0 saturated carbocycles. The van der Waals surface area contributed by atoms with Crippen molar-refractivity contribution in [2.24, 2.45) is 5.73 Å². The van der Waals surface area contributed by atoms with Crippen LogP contribution in [-0.4, -0.2) is 27.8 Å². The first-order valence-corrected chi connectivity index (χ1v) is 9.23. The number of amides is 2. The molecule has 1 heterocycles. The van der Waals surface area contributed by atoms with Gasteiger partial charge in [-0.15, -0.1) is 10.2 Å². The van der Waals surface area contributed by atoms with E-state index in [2.05, 4.69) is 15.5 Å². The van der Waals surface area contributed by atoms with E-state index in [9.17, 15) is 9.59 Å². The Hall–Kier alpha value is -3.19. The van der Waals surface area contributed by atoms with E-state index in [1.54, 1.807) is 24.3 Å². The Morgan fingerprint density at radius 1 is 0.963 bits per heavy atom. The summed E-state index contributed by atoms with van der Waals surface area (Å²) in [4.78, 5) is 23.1. The molecule has 0 unspecified atom stereocenters. The van der Waals surface area contributed by atoms with E-state index in [4.69, 9.17) is 5.73 Å². The number of anilines is 1. The SMILES string of the molecule is Cc1ccc(-c2ccc(SCC(=O)Nc3ccc(C(N)=O)cc3)nn2)cc1. The van der Waals surface area contributed by atoms with Gasteiger partial charge in [-0.1, -0.05) is 41.6 Å². The predicted octanol–water partition coefficient (Wildman–Crippen LogP) is 3.28. The highest BCUT2D eigenvalue weighted by Gasteiger charge is 2.07. The molecule has 6 nitrogen and oxygen atoms in total. The molecule has 3 N–H and O–H groups in total. The van der Waals surface area contributed by atoms with E-state index in [0.717, 1.165) is 11.3 Å². The average Bonchev–Trinajstić information content (AvgIpc) is 2.68. The maximum absolute atomic E-state index is 12.1. The van der Waals surface area contributed by atoms with Gasteiger partial charge in [0.15, 0.2) is 0 Å². The highest BCUT2D eigenvalue weighted by atomic mass is 32.2. The number of primary amides is 1. The van der Waals surface area contributed by atoms with Crippen LogP contribution in [0.15, 0.2) is 65.7 Å². The minimum atomic E-state index is -0.504. The molecule has 1 aromatic heterocycles. The molecule has 0 spiro atoms. The molecule has 0 fully saturated rings. The van der Waals surface area contributed by atoms with Gasteiger partial charge in [0.05, 0.1) is 11.4 Å². The van der Waals surface area contributed by atoms with Crippen molar-refractivity contribution in [3.63, 3.8) is 0 Å². The number of rotatable bonds is 6. The Morgan fingerprint density at radius 3 is 2.26 bits per heavy atom. The van der Waals surface area contributed by atoms with E-state index in [0.29, 0.717) is 16.3 Å². The van der Waals surface area contributed by atoms with Crippen molar-refractivity contribution in [1.29, 1.82) is 0 Å². The number of aryl methyl sites for hydroxylation is 1. The molecule has 0 aliphatic carbocycles.